The third-order valence-electron chi connectivity index (χ3n) is 1.91. The molecule has 0 aromatic heterocycles. The van der Waals surface area contributed by atoms with Gasteiger partial charge in [-0.3, -0.25) is 0 Å². The minimum Gasteiger partial charge on any atom is -0.491 e. The Morgan fingerprint density at radius 2 is 2.06 bits per heavy atom. The molecule has 0 aromatic carbocycles. The van der Waals surface area contributed by atoms with E-state index in [0.717, 1.165) is 18.8 Å². The van der Waals surface area contributed by atoms with Crippen molar-refractivity contribution in [3.05, 3.63) is 49.3 Å². The lowest BCUT2D eigenvalue weighted by molar-refractivity contribution is -0.0821. The molecule has 0 amide bonds. The predicted molar refractivity (Wildman–Crippen MR) is 69.3 cm³/mol. The van der Waals surface area contributed by atoms with Gasteiger partial charge in [-0.2, -0.15) is 0 Å². The highest BCUT2D eigenvalue weighted by atomic mass is 16.5. The maximum absolute atomic E-state index is 5.52. The quantitative estimate of drug-likeness (QED) is 0.504. The van der Waals surface area contributed by atoms with E-state index in [1.54, 1.807) is 12.2 Å². The highest BCUT2D eigenvalue weighted by Gasteiger charge is 2.18. The van der Waals surface area contributed by atoms with Crippen LogP contribution in [-0.2, 0) is 9.47 Å². The third kappa shape index (κ3) is 6.25. The number of hydrogen-bond donors (Lipinski definition) is 0. The molecule has 16 heavy (non-hydrogen) atoms. The minimum absolute atomic E-state index is 0.264. The molecular formula is C14H22O2. The first-order valence-electron chi connectivity index (χ1n) is 5.73. The monoisotopic (exact) mass is 222 g/mol. The van der Waals surface area contributed by atoms with Crippen molar-refractivity contribution in [3.8, 4) is 0 Å². The van der Waals surface area contributed by atoms with E-state index < -0.39 is 0 Å². The van der Waals surface area contributed by atoms with E-state index in [4.69, 9.17) is 9.47 Å². The zero-order valence-corrected chi connectivity index (χ0v) is 10.3. The van der Waals surface area contributed by atoms with Crippen molar-refractivity contribution in [1.29, 1.82) is 0 Å². The van der Waals surface area contributed by atoms with Crippen LogP contribution >= 0.6 is 0 Å². The molecule has 0 spiro atoms. The number of rotatable bonds is 6. The SMILES string of the molecule is C=C/C=C\C(=C/C=C)OC[C@@H]1CCO1.CC. The standard InChI is InChI=1S/C12H16O2.C2H6/c1-3-5-7-11(6-4-2)14-10-12-8-9-13-12;1-2/h3-7,12H,1-2,8-10H2;1-2H3/b7-5-,11-6+;/t12-;/m0./s1. The Morgan fingerprint density at radius 1 is 1.38 bits per heavy atom. The average Bonchev–Trinajstić information content (AvgIpc) is 2.26. The number of allylic oxidation sites excluding steroid dienone is 5. The molecule has 1 rings (SSSR count). The minimum atomic E-state index is 0.264. The summed E-state index contributed by atoms with van der Waals surface area (Å²) in [4.78, 5) is 0. The Morgan fingerprint density at radius 3 is 2.50 bits per heavy atom. The smallest absolute Gasteiger partial charge is 0.119 e. The van der Waals surface area contributed by atoms with Crippen LogP contribution in [0.2, 0.25) is 0 Å². The molecule has 1 saturated heterocycles. The third-order valence-corrected chi connectivity index (χ3v) is 1.91. The molecule has 90 valence electrons. The second kappa shape index (κ2) is 10.2. The van der Waals surface area contributed by atoms with E-state index >= 15 is 0 Å². The van der Waals surface area contributed by atoms with Gasteiger partial charge >= 0.3 is 0 Å². The van der Waals surface area contributed by atoms with E-state index in [0.29, 0.717) is 6.61 Å². The number of ether oxygens (including phenoxy) is 2. The summed E-state index contributed by atoms with van der Waals surface area (Å²) in [5, 5.41) is 0. The summed E-state index contributed by atoms with van der Waals surface area (Å²) in [5.74, 6) is 0.787. The van der Waals surface area contributed by atoms with Gasteiger partial charge in [0.2, 0.25) is 0 Å². The fourth-order valence-corrected chi connectivity index (χ4v) is 1.04. The molecule has 0 aliphatic carbocycles. The largest absolute Gasteiger partial charge is 0.491 e. The van der Waals surface area contributed by atoms with Crippen LogP contribution in [0.5, 0.6) is 0 Å². The Labute approximate surface area is 99.0 Å². The molecule has 1 fully saturated rings. The summed E-state index contributed by atoms with van der Waals surface area (Å²) in [6, 6.07) is 0. The van der Waals surface area contributed by atoms with E-state index in [1.165, 1.54) is 0 Å². The number of hydrogen-bond acceptors (Lipinski definition) is 2. The summed E-state index contributed by atoms with van der Waals surface area (Å²) < 4.78 is 10.8. The van der Waals surface area contributed by atoms with Gasteiger partial charge in [0.25, 0.3) is 0 Å². The van der Waals surface area contributed by atoms with Gasteiger partial charge in [-0.05, 0) is 12.2 Å². The van der Waals surface area contributed by atoms with Gasteiger partial charge in [-0.1, -0.05) is 45.2 Å². The molecule has 1 atom stereocenters. The molecule has 0 saturated carbocycles. The van der Waals surface area contributed by atoms with Gasteiger partial charge in [0, 0.05) is 13.0 Å². The Hall–Kier alpha value is -1.28. The summed E-state index contributed by atoms with van der Waals surface area (Å²) in [6.07, 6.45) is 10.3. The lowest BCUT2D eigenvalue weighted by Gasteiger charge is -2.26. The van der Waals surface area contributed by atoms with Gasteiger partial charge < -0.3 is 9.47 Å². The summed E-state index contributed by atoms with van der Waals surface area (Å²) >= 11 is 0. The second-order valence-corrected chi connectivity index (χ2v) is 2.99. The summed E-state index contributed by atoms with van der Waals surface area (Å²) in [7, 11) is 0. The highest BCUT2D eigenvalue weighted by molar-refractivity contribution is 5.19. The average molecular weight is 222 g/mol. The molecule has 2 nitrogen and oxygen atoms in total. The maximum Gasteiger partial charge on any atom is 0.119 e. The van der Waals surface area contributed by atoms with E-state index in [-0.39, 0.29) is 6.10 Å². The molecule has 0 radical (unpaired) electrons. The van der Waals surface area contributed by atoms with Gasteiger partial charge in [0.15, 0.2) is 0 Å². The zero-order chi connectivity index (χ0) is 12.2. The van der Waals surface area contributed by atoms with Crippen LogP contribution in [0.3, 0.4) is 0 Å². The van der Waals surface area contributed by atoms with Crippen molar-refractivity contribution >= 4 is 0 Å². The van der Waals surface area contributed by atoms with Crippen LogP contribution in [0.4, 0.5) is 0 Å². The topological polar surface area (TPSA) is 18.5 Å². The second-order valence-electron chi connectivity index (χ2n) is 2.99. The molecule has 1 aliphatic heterocycles. The lowest BCUT2D eigenvalue weighted by atomic mass is 10.2. The Bertz CT molecular complexity index is 247. The van der Waals surface area contributed by atoms with Gasteiger partial charge in [-0.25, -0.2) is 0 Å². The van der Waals surface area contributed by atoms with Crippen LogP contribution in [0.15, 0.2) is 49.3 Å². The molecule has 0 N–H and O–H groups in total. The Kier molecular flexibility index (Phi) is 9.43. The first kappa shape index (κ1) is 14.7. The highest BCUT2D eigenvalue weighted by Crippen LogP contribution is 2.13. The van der Waals surface area contributed by atoms with Crippen LogP contribution in [0.25, 0.3) is 0 Å². The predicted octanol–water partition coefficient (Wildman–Crippen LogP) is 3.63. The maximum atomic E-state index is 5.52. The van der Waals surface area contributed by atoms with Crippen molar-refractivity contribution in [2.75, 3.05) is 13.2 Å². The molecule has 1 aliphatic rings. The van der Waals surface area contributed by atoms with Gasteiger partial charge in [0.1, 0.15) is 12.4 Å². The van der Waals surface area contributed by atoms with Crippen LogP contribution in [0, 0.1) is 0 Å². The lowest BCUT2D eigenvalue weighted by Crippen LogP contribution is -2.31. The van der Waals surface area contributed by atoms with E-state index in [2.05, 4.69) is 13.2 Å². The summed E-state index contributed by atoms with van der Waals surface area (Å²) in [5.41, 5.74) is 0. The van der Waals surface area contributed by atoms with Crippen LogP contribution in [-0.4, -0.2) is 19.3 Å². The molecule has 0 aromatic rings. The van der Waals surface area contributed by atoms with Crippen molar-refractivity contribution < 1.29 is 9.47 Å². The molecular weight excluding hydrogens is 200 g/mol. The fourth-order valence-electron chi connectivity index (χ4n) is 1.04. The normalized spacial score (nSPS) is 19.4. The molecule has 0 bridgehead atoms. The molecule has 0 unspecified atom stereocenters. The van der Waals surface area contributed by atoms with Crippen molar-refractivity contribution in [3.63, 3.8) is 0 Å². The Balaban J connectivity index is 0.00000106. The first-order chi connectivity index (χ1) is 7.86. The first-order valence-corrected chi connectivity index (χ1v) is 5.73. The fraction of sp³-hybridized carbons (Fsp3) is 0.429. The van der Waals surface area contributed by atoms with E-state index in [9.17, 15) is 0 Å². The molecule has 1 heterocycles. The van der Waals surface area contributed by atoms with Gasteiger partial charge in [-0.15, -0.1) is 0 Å². The van der Waals surface area contributed by atoms with Crippen molar-refractivity contribution in [2.24, 2.45) is 0 Å². The summed E-state index contributed by atoms with van der Waals surface area (Å²) in [6.45, 7) is 12.7. The van der Waals surface area contributed by atoms with Crippen LogP contribution < -0.4 is 0 Å². The zero-order valence-electron chi connectivity index (χ0n) is 10.3. The van der Waals surface area contributed by atoms with Crippen LogP contribution in [0.1, 0.15) is 20.3 Å². The molecule has 2 heteroatoms. The van der Waals surface area contributed by atoms with Crippen molar-refractivity contribution in [2.45, 2.75) is 26.4 Å². The van der Waals surface area contributed by atoms with E-state index in [1.807, 2.05) is 32.1 Å². The van der Waals surface area contributed by atoms with Gasteiger partial charge in [0.05, 0.1) is 6.10 Å². The van der Waals surface area contributed by atoms with Crippen molar-refractivity contribution in [1.82, 2.24) is 0 Å².